The van der Waals surface area contributed by atoms with E-state index in [2.05, 4.69) is 15.0 Å². The number of pyridine rings is 1. The highest BCUT2D eigenvalue weighted by molar-refractivity contribution is 7.73. The van der Waals surface area contributed by atoms with Crippen molar-refractivity contribution in [1.82, 2.24) is 4.98 Å². The lowest BCUT2D eigenvalue weighted by Gasteiger charge is -2.06. The number of hydrogen-bond donors (Lipinski definition) is 4. The predicted molar refractivity (Wildman–Crippen MR) is 77.0 cm³/mol. The van der Waals surface area contributed by atoms with Crippen LogP contribution in [0.25, 0.3) is 0 Å². The molecule has 0 bridgehead atoms. The molecule has 1 amide bonds. The quantitative estimate of drug-likeness (QED) is 0.624. The number of aromatic nitrogens is 1. The van der Waals surface area contributed by atoms with E-state index in [0.717, 1.165) is 0 Å². The van der Waals surface area contributed by atoms with Gasteiger partial charge < -0.3 is 11.1 Å². The number of anilines is 3. The van der Waals surface area contributed by atoms with Crippen LogP contribution in [0.2, 0.25) is 0 Å². The van der Waals surface area contributed by atoms with Crippen molar-refractivity contribution in [1.29, 1.82) is 0 Å². The molecule has 2 rings (SSSR count). The molecule has 0 unspecified atom stereocenters. The molecule has 1 heterocycles. The third-order valence-electron chi connectivity index (χ3n) is 2.39. The summed E-state index contributed by atoms with van der Waals surface area (Å²) >= 11 is 0. The first-order chi connectivity index (χ1) is 9.54. The molecule has 0 fully saturated rings. The highest BCUT2D eigenvalue weighted by Crippen LogP contribution is 2.13. The smallest absolute Gasteiger partial charge is 0.255 e. The number of thiol groups is 1. The van der Waals surface area contributed by atoms with E-state index in [9.17, 15) is 13.2 Å². The highest BCUT2D eigenvalue weighted by atomic mass is 32.2. The van der Waals surface area contributed by atoms with Crippen molar-refractivity contribution in [3.05, 3.63) is 48.2 Å². The second kappa shape index (κ2) is 6.02. The maximum Gasteiger partial charge on any atom is 0.255 e. The molecule has 8 heteroatoms. The number of amides is 1. The Morgan fingerprint density at radius 2 is 1.95 bits per heavy atom. The molecule has 104 valence electrons. The number of nitrogens with zero attached hydrogens (tertiary/aromatic N) is 1. The molecule has 0 aliphatic rings. The number of hydrogen-bond acceptors (Lipinski definition) is 5. The zero-order valence-electron chi connectivity index (χ0n) is 10.2. The lowest BCUT2D eigenvalue weighted by atomic mass is 10.2. The summed E-state index contributed by atoms with van der Waals surface area (Å²) in [6, 6.07) is 9.32. The van der Waals surface area contributed by atoms with Crippen LogP contribution >= 0.6 is 0 Å². The predicted octanol–water partition coefficient (Wildman–Crippen LogP) is 0.854. The van der Waals surface area contributed by atoms with Crippen LogP contribution in [0.15, 0.2) is 42.6 Å². The summed E-state index contributed by atoms with van der Waals surface area (Å²) in [5, 5.41) is 2.63. The number of nitrogen functional groups attached to an aromatic ring is 1. The van der Waals surface area contributed by atoms with Gasteiger partial charge in [-0.05, 0) is 30.3 Å². The molecule has 0 aliphatic heterocycles. The standard InChI is InChI=1S/C12H12N4O3S/c13-11-5-4-10(7-14-11)15-12(17)8-2-1-3-9(6-8)16-20(18)19/h1-7,20H,(H2,13,14)(H,15,17)(H,16,18,19). The second-order valence-corrected chi connectivity index (χ2v) is 4.61. The second-order valence-electron chi connectivity index (χ2n) is 3.88. The van der Waals surface area contributed by atoms with Crippen LogP contribution in [-0.2, 0) is 10.9 Å². The first-order valence-electron chi connectivity index (χ1n) is 5.58. The van der Waals surface area contributed by atoms with Crippen LogP contribution in [0.5, 0.6) is 0 Å². The van der Waals surface area contributed by atoms with Crippen molar-refractivity contribution in [3.63, 3.8) is 0 Å². The fraction of sp³-hybridized carbons (Fsp3) is 0. The minimum atomic E-state index is -2.77. The van der Waals surface area contributed by atoms with Gasteiger partial charge in [0.15, 0.2) is 0 Å². The highest BCUT2D eigenvalue weighted by Gasteiger charge is 2.07. The molecule has 0 spiro atoms. The number of benzene rings is 1. The molecule has 2 aromatic rings. The number of carbonyl (C=O) groups is 1. The Morgan fingerprint density at radius 1 is 1.15 bits per heavy atom. The Hall–Kier alpha value is -2.61. The van der Waals surface area contributed by atoms with E-state index >= 15 is 0 Å². The summed E-state index contributed by atoms with van der Waals surface area (Å²) in [4.78, 5) is 15.8. The normalized spacial score (nSPS) is 10.2. The van der Waals surface area contributed by atoms with Gasteiger partial charge in [-0.2, -0.15) is 0 Å². The van der Waals surface area contributed by atoms with Crippen LogP contribution in [0.1, 0.15) is 10.4 Å². The van der Waals surface area contributed by atoms with Gasteiger partial charge in [-0.1, -0.05) is 6.07 Å². The van der Waals surface area contributed by atoms with Crippen molar-refractivity contribution in [2.24, 2.45) is 0 Å². The lowest BCUT2D eigenvalue weighted by Crippen LogP contribution is -2.12. The third kappa shape index (κ3) is 3.69. The van der Waals surface area contributed by atoms with Gasteiger partial charge in [0.2, 0.25) is 10.9 Å². The monoisotopic (exact) mass is 292 g/mol. The summed E-state index contributed by atoms with van der Waals surface area (Å²) in [6.45, 7) is 0. The van der Waals surface area contributed by atoms with Gasteiger partial charge in [-0.15, -0.1) is 0 Å². The van der Waals surface area contributed by atoms with Gasteiger partial charge in [0.25, 0.3) is 5.91 Å². The minimum Gasteiger partial charge on any atom is -0.384 e. The summed E-state index contributed by atoms with van der Waals surface area (Å²) in [5.74, 6) is -0.0187. The Kier molecular flexibility index (Phi) is 4.16. The molecule has 1 aromatic carbocycles. The SMILES string of the molecule is Nc1ccc(NC(=O)c2cccc(N[SH](=O)=O)c2)cn1. The summed E-state index contributed by atoms with van der Waals surface area (Å²) in [5.41, 5.74) is 6.59. The van der Waals surface area contributed by atoms with Crippen LogP contribution < -0.4 is 15.8 Å². The van der Waals surface area contributed by atoms with Crippen LogP contribution in [-0.4, -0.2) is 19.3 Å². The van der Waals surface area contributed by atoms with Crippen molar-refractivity contribution in [2.45, 2.75) is 0 Å². The molecular weight excluding hydrogens is 280 g/mol. The van der Waals surface area contributed by atoms with Crippen molar-refractivity contribution in [2.75, 3.05) is 15.8 Å². The van der Waals surface area contributed by atoms with Crippen molar-refractivity contribution < 1.29 is 13.2 Å². The van der Waals surface area contributed by atoms with Gasteiger partial charge in [0.1, 0.15) is 5.82 Å². The molecule has 1 aromatic heterocycles. The molecule has 0 atom stereocenters. The Morgan fingerprint density at radius 3 is 2.60 bits per heavy atom. The number of carbonyl (C=O) groups excluding carboxylic acids is 1. The fourth-order valence-corrected chi connectivity index (χ4v) is 1.87. The van der Waals surface area contributed by atoms with Gasteiger partial charge in [0.05, 0.1) is 11.9 Å². The van der Waals surface area contributed by atoms with Gasteiger partial charge in [-0.3, -0.25) is 9.52 Å². The minimum absolute atomic E-state index is 0.323. The molecule has 0 aliphatic carbocycles. The topological polar surface area (TPSA) is 114 Å². The first kappa shape index (κ1) is 13.8. The van der Waals surface area contributed by atoms with Crippen LogP contribution in [0, 0.1) is 0 Å². The van der Waals surface area contributed by atoms with E-state index in [1.165, 1.54) is 12.3 Å². The molecule has 0 radical (unpaired) electrons. The average molecular weight is 292 g/mol. The van der Waals surface area contributed by atoms with E-state index in [1.807, 2.05) is 0 Å². The van der Waals surface area contributed by atoms with Gasteiger partial charge >= 0.3 is 0 Å². The zero-order chi connectivity index (χ0) is 14.5. The summed E-state index contributed by atoms with van der Waals surface area (Å²) < 4.78 is 23.4. The Labute approximate surface area is 116 Å². The molecular formula is C12H12N4O3S. The molecule has 20 heavy (non-hydrogen) atoms. The third-order valence-corrected chi connectivity index (χ3v) is 2.83. The molecule has 0 saturated carbocycles. The van der Waals surface area contributed by atoms with Crippen LogP contribution in [0.4, 0.5) is 17.2 Å². The van der Waals surface area contributed by atoms with Gasteiger partial charge in [-0.25, -0.2) is 13.4 Å². The molecule has 7 nitrogen and oxygen atoms in total. The Balaban J connectivity index is 2.14. The fourth-order valence-electron chi connectivity index (χ4n) is 1.52. The number of nitrogens with one attached hydrogen (secondary N) is 2. The Bertz CT molecular complexity index is 690. The summed E-state index contributed by atoms with van der Waals surface area (Å²) in [6.07, 6.45) is 1.43. The molecule has 4 N–H and O–H groups in total. The van der Waals surface area contributed by atoms with Gasteiger partial charge in [0, 0.05) is 11.3 Å². The van der Waals surface area contributed by atoms with E-state index in [4.69, 9.17) is 5.73 Å². The largest absolute Gasteiger partial charge is 0.384 e. The lowest BCUT2D eigenvalue weighted by molar-refractivity contribution is 0.102. The van der Waals surface area contributed by atoms with E-state index in [0.29, 0.717) is 22.8 Å². The van der Waals surface area contributed by atoms with E-state index < -0.39 is 10.9 Å². The number of nitrogens with two attached hydrogens (primary N) is 1. The zero-order valence-corrected chi connectivity index (χ0v) is 11.1. The van der Waals surface area contributed by atoms with Crippen LogP contribution in [0.3, 0.4) is 0 Å². The van der Waals surface area contributed by atoms with E-state index in [-0.39, 0.29) is 5.91 Å². The maximum atomic E-state index is 12.0. The number of rotatable bonds is 4. The maximum absolute atomic E-state index is 12.0. The average Bonchev–Trinajstić information content (AvgIpc) is 2.41. The first-order valence-corrected chi connectivity index (χ1v) is 6.76. The van der Waals surface area contributed by atoms with Crippen molar-refractivity contribution >= 4 is 34.0 Å². The van der Waals surface area contributed by atoms with Crippen molar-refractivity contribution in [3.8, 4) is 0 Å². The summed E-state index contributed by atoms with van der Waals surface area (Å²) in [7, 11) is -2.77. The van der Waals surface area contributed by atoms with E-state index in [1.54, 1.807) is 30.3 Å². The molecule has 0 saturated heterocycles.